The predicted molar refractivity (Wildman–Crippen MR) is 190 cm³/mol. The van der Waals surface area contributed by atoms with E-state index in [1.165, 1.54) is 81.0 Å². The first kappa shape index (κ1) is 26.3. The molecule has 0 aliphatic heterocycles. The summed E-state index contributed by atoms with van der Waals surface area (Å²) in [5.74, 6) is 0.140. The summed E-state index contributed by atoms with van der Waals surface area (Å²) < 4.78 is 5.03. The largest absolute Gasteiger partial charge is 0.309 e. The molecule has 1 aliphatic rings. The summed E-state index contributed by atoms with van der Waals surface area (Å²) in [7, 11) is 0. The molecule has 8 aromatic rings. The molecule has 9 rings (SSSR count). The van der Waals surface area contributed by atoms with E-state index in [-0.39, 0.29) is 11.3 Å². The lowest BCUT2D eigenvalue weighted by Gasteiger charge is -2.19. The zero-order chi connectivity index (χ0) is 30.4. The Balaban J connectivity index is 1.25. The fraction of sp³-hybridized carbons (Fsp3) is 0.119. The highest BCUT2D eigenvalue weighted by Crippen LogP contribution is 2.49. The third-order valence-corrected chi connectivity index (χ3v) is 10.8. The van der Waals surface area contributed by atoms with Crippen molar-refractivity contribution in [2.24, 2.45) is 0 Å². The summed E-state index contributed by atoms with van der Waals surface area (Å²) in [5.41, 5.74) is 12.1. The number of nitrogens with zero attached hydrogens (tertiary/aromatic N) is 2. The number of hydrogen-bond acceptors (Lipinski definition) is 2. The molecule has 0 amide bonds. The van der Waals surface area contributed by atoms with Gasteiger partial charge >= 0.3 is 0 Å². The molecule has 0 saturated carbocycles. The molecule has 2 heterocycles. The third kappa shape index (κ3) is 3.86. The summed E-state index contributed by atoms with van der Waals surface area (Å²) in [5, 5.41) is 14.8. The van der Waals surface area contributed by atoms with Crippen LogP contribution in [0.1, 0.15) is 54.5 Å². The number of benzene rings is 6. The Bertz CT molecular complexity index is 2550. The van der Waals surface area contributed by atoms with E-state index in [1.807, 2.05) is 17.4 Å². The van der Waals surface area contributed by atoms with Gasteiger partial charge in [-0.25, -0.2) is 0 Å². The van der Waals surface area contributed by atoms with Crippen LogP contribution in [0.3, 0.4) is 0 Å². The van der Waals surface area contributed by atoms with Gasteiger partial charge in [-0.1, -0.05) is 81.4 Å². The number of hydrogen-bond donors (Lipinski definition) is 0. The monoisotopic (exact) mass is 594 g/mol. The maximum absolute atomic E-state index is 9.60. The molecule has 3 heteroatoms. The maximum atomic E-state index is 9.60. The van der Waals surface area contributed by atoms with Gasteiger partial charge in [-0.15, -0.1) is 11.3 Å². The number of aromatic nitrogens is 1. The Morgan fingerprint density at radius 1 is 0.622 bits per heavy atom. The summed E-state index contributed by atoms with van der Waals surface area (Å²) in [4.78, 5) is 0. The average molecular weight is 595 g/mol. The van der Waals surface area contributed by atoms with Crippen LogP contribution in [0.25, 0.3) is 58.8 Å². The van der Waals surface area contributed by atoms with Gasteiger partial charge in [-0.05, 0) is 99.5 Å². The summed E-state index contributed by atoms with van der Waals surface area (Å²) in [6.07, 6.45) is 0. The fourth-order valence-corrected chi connectivity index (χ4v) is 8.52. The number of thiophene rings is 1. The first-order valence-electron chi connectivity index (χ1n) is 15.5. The van der Waals surface area contributed by atoms with E-state index in [1.54, 1.807) is 0 Å². The van der Waals surface area contributed by atoms with Crippen LogP contribution < -0.4 is 0 Å². The van der Waals surface area contributed by atoms with Gasteiger partial charge in [0.05, 0.1) is 22.7 Å². The van der Waals surface area contributed by atoms with E-state index in [0.717, 1.165) is 0 Å². The second-order valence-electron chi connectivity index (χ2n) is 13.3. The van der Waals surface area contributed by atoms with Crippen LogP contribution in [0.15, 0.2) is 121 Å². The van der Waals surface area contributed by atoms with Crippen molar-refractivity contribution in [3.8, 4) is 22.9 Å². The van der Waals surface area contributed by atoms with Gasteiger partial charge in [-0.2, -0.15) is 5.26 Å². The Kier molecular flexibility index (Phi) is 5.49. The minimum Gasteiger partial charge on any atom is -0.309 e. The van der Waals surface area contributed by atoms with Gasteiger partial charge in [0.25, 0.3) is 0 Å². The summed E-state index contributed by atoms with van der Waals surface area (Å²) >= 11 is 1.86. The molecular formula is C42H30N2S. The lowest BCUT2D eigenvalue weighted by atomic mass is 9.86. The minimum atomic E-state index is 0.0853. The highest BCUT2D eigenvalue weighted by Gasteiger charge is 2.30. The van der Waals surface area contributed by atoms with Crippen molar-refractivity contribution in [3.05, 3.63) is 149 Å². The Morgan fingerprint density at radius 2 is 1.36 bits per heavy atom. The van der Waals surface area contributed by atoms with Crippen molar-refractivity contribution in [2.45, 2.75) is 32.1 Å². The molecule has 45 heavy (non-hydrogen) atoms. The van der Waals surface area contributed by atoms with Crippen LogP contribution in [0.2, 0.25) is 0 Å². The molecule has 1 unspecified atom stereocenters. The molecule has 214 valence electrons. The van der Waals surface area contributed by atoms with Crippen molar-refractivity contribution < 1.29 is 0 Å². The van der Waals surface area contributed by atoms with E-state index in [4.69, 9.17) is 0 Å². The highest BCUT2D eigenvalue weighted by atomic mass is 32.1. The smallest absolute Gasteiger partial charge is 0.0991 e. The predicted octanol–water partition coefficient (Wildman–Crippen LogP) is 11.5. The number of nitriles is 1. The van der Waals surface area contributed by atoms with E-state index < -0.39 is 0 Å². The van der Waals surface area contributed by atoms with E-state index in [9.17, 15) is 5.26 Å². The Morgan fingerprint density at radius 3 is 2.20 bits per heavy atom. The highest BCUT2D eigenvalue weighted by molar-refractivity contribution is 7.25. The standard InChI is InChI=1S/C42H30N2S/c1-42(2,3)27-14-17-38-34(22-27)30-9-6-7-11-37(30)44(38)28-15-19-40-36(23-28)35-21-26(13-18-39(35)45-40)41-31-10-5-4-8-29(31)33-20-25(24-43)12-16-32(33)41/h4-23,41H,1-3H3. The molecule has 0 N–H and O–H groups in total. The zero-order valence-electron chi connectivity index (χ0n) is 25.4. The first-order valence-corrected chi connectivity index (χ1v) is 16.3. The normalized spacial score (nSPS) is 14.3. The van der Waals surface area contributed by atoms with Gasteiger partial charge in [0.2, 0.25) is 0 Å². The zero-order valence-corrected chi connectivity index (χ0v) is 26.2. The van der Waals surface area contributed by atoms with Crippen LogP contribution in [0.4, 0.5) is 0 Å². The molecule has 1 aliphatic carbocycles. The van der Waals surface area contributed by atoms with E-state index in [2.05, 4.69) is 147 Å². The van der Waals surface area contributed by atoms with Gasteiger partial charge in [-0.3, -0.25) is 0 Å². The van der Waals surface area contributed by atoms with Crippen LogP contribution >= 0.6 is 11.3 Å². The molecule has 6 aromatic carbocycles. The molecule has 1 atom stereocenters. The average Bonchev–Trinajstić information content (AvgIpc) is 3.70. The first-order chi connectivity index (χ1) is 21.9. The number of para-hydroxylation sites is 1. The van der Waals surface area contributed by atoms with Crippen molar-refractivity contribution in [2.75, 3.05) is 0 Å². The van der Waals surface area contributed by atoms with Gasteiger partial charge in [0, 0.05) is 42.6 Å². The molecule has 0 spiro atoms. The quantitative estimate of drug-likeness (QED) is 0.196. The van der Waals surface area contributed by atoms with Crippen molar-refractivity contribution in [1.29, 1.82) is 5.26 Å². The lowest BCUT2D eigenvalue weighted by Crippen LogP contribution is -2.10. The Hall–Kier alpha value is -5.17. The second-order valence-corrected chi connectivity index (χ2v) is 14.4. The molecule has 0 radical (unpaired) electrons. The van der Waals surface area contributed by atoms with Gasteiger partial charge in [0.1, 0.15) is 0 Å². The summed E-state index contributed by atoms with van der Waals surface area (Å²) in [6.45, 7) is 6.84. The second kappa shape index (κ2) is 9.41. The molecule has 0 saturated heterocycles. The van der Waals surface area contributed by atoms with Gasteiger partial charge < -0.3 is 4.57 Å². The SMILES string of the molecule is CC(C)(C)c1ccc2c(c1)c1ccccc1n2-c1ccc2sc3ccc(C4c5ccccc5-c5cc(C#N)ccc54)cc3c2c1. The third-order valence-electron chi connectivity index (χ3n) is 9.66. The van der Waals surface area contributed by atoms with E-state index in [0.29, 0.717) is 5.56 Å². The summed E-state index contributed by atoms with van der Waals surface area (Å²) in [6, 6.07) is 46.9. The van der Waals surface area contributed by atoms with Crippen LogP contribution in [-0.2, 0) is 5.41 Å². The molecule has 0 fully saturated rings. The maximum Gasteiger partial charge on any atom is 0.0991 e. The fourth-order valence-electron chi connectivity index (χ4n) is 7.45. The Labute approximate surface area is 266 Å². The van der Waals surface area contributed by atoms with Crippen molar-refractivity contribution >= 4 is 53.3 Å². The molecule has 2 nitrogen and oxygen atoms in total. The topological polar surface area (TPSA) is 28.7 Å². The van der Waals surface area contributed by atoms with Crippen LogP contribution in [0, 0.1) is 11.3 Å². The van der Waals surface area contributed by atoms with Crippen molar-refractivity contribution in [3.63, 3.8) is 0 Å². The lowest BCUT2D eigenvalue weighted by molar-refractivity contribution is 0.591. The number of rotatable bonds is 2. The molecule has 0 bridgehead atoms. The van der Waals surface area contributed by atoms with Crippen molar-refractivity contribution in [1.82, 2.24) is 4.57 Å². The van der Waals surface area contributed by atoms with Crippen LogP contribution in [0.5, 0.6) is 0 Å². The number of fused-ring (bicyclic) bond motifs is 9. The minimum absolute atomic E-state index is 0.0853. The van der Waals surface area contributed by atoms with Crippen LogP contribution in [-0.4, -0.2) is 4.57 Å². The molecular weight excluding hydrogens is 565 g/mol. The van der Waals surface area contributed by atoms with Gasteiger partial charge in [0.15, 0.2) is 0 Å². The molecule has 2 aromatic heterocycles. The van der Waals surface area contributed by atoms with E-state index >= 15 is 0 Å².